The molecule has 1 fully saturated rings. The van der Waals surface area contributed by atoms with Crippen molar-refractivity contribution in [2.24, 2.45) is 0 Å². The van der Waals surface area contributed by atoms with Crippen molar-refractivity contribution >= 4 is 11.8 Å². The molecule has 1 aromatic carbocycles. The van der Waals surface area contributed by atoms with Gasteiger partial charge in [0, 0.05) is 37.4 Å². The Labute approximate surface area is 138 Å². The number of hydrogen-bond acceptors (Lipinski definition) is 4. The van der Waals surface area contributed by atoms with Crippen LogP contribution in [0.2, 0.25) is 0 Å². The van der Waals surface area contributed by atoms with Crippen LogP contribution in [0.3, 0.4) is 0 Å². The number of aliphatic hydroxyl groups is 1. The molecule has 0 aliphatic carbocycles. The topological polar surface area (TPSA) is 66.8 Å². The number of amides is 1. The molecule has 0 atom stereocenters. The average Bonchev–Trinajstić information content (AvgIpc) is 2.52. The maximum atomic E-state index is 12.8. The van der Waals surface area contributed by atoms with Gasteiger partial charge >= 0.3 is 12.4 Å². The van der Waals surface area contributed by atoms with Gasteiger partial charge in [0.05, 0.1) is 0 Å². The summed E-state index contributed by atoms with van der Waals surface area (Å²) in [4.78, 5) is 13.3. The van der Waals surface area contributed by atoms with Crippen molar-refractivity contribution in [2.45, 2.75) is 18.0 Å². The highest BCUT2D eigenvalue weighted by Crippen LogP contribution is 2.50. The molecule has 2 rings (SSSR count). The van der Waals surface area contributed by atoms with Crippen molar-refractivity contribution in [3.63, 3.8) is 0 Å². The van der Waals surface area contributed by atoms with Gasteiger partial charge in [-0.3, -0.25) is 0 Å². The number of rotatable bonds is 2. The molecule has 0 aromatic heterocycles. The van der Waals surface area contributed by atoms with E-state index in [0.29, 0.717) is 17.8 Å². The standard InChI is InChI=1S/C14H14F6N2O3/c15-13(16,17)12(25,14(18,19)20)9-1-3-10(4-2-9)21-5-7-22(8-6-21)11(23)24/h1-4,25H,5-8H2,(H,23,24)/p-1. The van der Waals surface area contributed by atoms with Gasteiger partial charge in [0.1, 0.15) is 6.09 Å². The number of alkyl halides is 6. The Morgan fingerprint density at radius 1 is 0.920 bits per heavy atom. The molecule has 1 aliphatic heterocycles. The second kappa shape index (κ2) is 6.28. The molecule has 0 saturated carbocycles. The molecule has 0 bridgehead atoms. The molecule has 5 nitrogen and oxygen atoms in total. The van der Waals surface area contributed by atoms with Gasteiger partial charge in [0.2, 0.25) is 0 Å². The van der Waals surface area contributed by atoms with E-state index in [1.54, 1.807) is 4.90 Å². The van der Waals surface area contributed by atoms with E-state index < -0.39 is 29.6 Å². The summed E-state index contributed by atoms with van der Waals surface area (Å²) < 4.78 is 76.9. The molecule has 1 saturated heterocycles. The lowest BCUT2D eigenvalue weighted by atomic mass is 9.92. The van der Waals surface area contributed by atoms with Crippen LogP contribution in [0.25, 0.3) is 0 Å². The molecule has 0 radical (unpaired) electrons. The van der Waals surface area contributed by atoms with Crippen molar-refractivity contribution in [1.82, 2.24) is 4.90 Å². The summed E-state index contributed by atoms with van der Waals surface area (Å²) in [6, 6.07) is 3.15. The van der Waals surface area contributed by atoms with E-state index in [1.807, 2.05) is 0 Å². The van der Waals surface area contributed by atoms with Crippen LogP contribution >= 0.6 is 0 Å². The molecule has 1 aromatic rings. The SMILES string of the molecule is O=C([O-])N1CCN(c2ccc(C(O)(C(F)(F)F)C(F)(F)F)cc2)CC1. The van der Waals surface area contributed by atoms with Gasteiger partial charge in [-0.25, -0.2) is 0 Å². The lowest BCUT2D eigenvalue weighted by Crippen LogP contribution is -2.54. The van der Waals surface area contributed by atoms with Crippen LogP contribution in [0.5, 0.6) is 0 Å². The monoisotopic (exact) mass is 371 g/mol. The number of piperazine rings is 1. The average molecular weight is 371 g/mol. The van der Waals surface area contributed by atoms with Crippen molar-refractivity contribution in [1.29, 1.82) is 0 Å². The minimum absolute atomic E-state index is 0.0964. The van der Waals surface area contributed by atoms with Gasteiger partial charge in [-0.1, -0.05) is 12.1 Å². The molecule has 0 spiro atoms. The minimum Gasteiger partial charge on any atom is -0.530 e. The van der Waals surface area contributed by atoms with Gasteiger partial charge in [-0.2, -0.15) is 26.3 Å². The molecular weight excluding hydrogens is 358 g/mol. The first-order chi connectivity index (χ1) is 11.4. The third kappa shape index (κ3) is 3.46. The fraction of sp³-hybridized carbons (Fsp3) is 0.500. The van der Waals surface area contributed by atoms with E-state index in [4.69, 9.17) is 0 Å². The van der Waals surface area contributed by atoms with Crippen molar-refractivity contribution in [2.75, 3.05) is 31.1 Å². The molecule has 25 heavy (non-hydrogen) atoms. The van der Waals surface area contributed by atoms with Gasteiger partial charge in [-0.05, 0) is 12.1 Å². The summed E-state index contributed by atoms with van der Waals surface area (Å²) in [7, 11) is 0. The summed E-state index contributed by atoms with van der Waals surface area (Å²) in [5, 5.41) is 20.0. The zero-order valence-corrected chi connectivity index (χ0v) is 12.6. The number of hydrogen-bond donors (Lipinski definition) is 1. The summed E-state index contributed by atoms with van der Waals surface area (Å²) >= 11 is 0. The Balaban J connectivity index is 2.23. The number of carbonyl (C=O) groups excluding carboxylic acids is 1. The Bertz CT molecular complexity index is 607. The maximum Gasteiger partial charge on any atom is 0.430 e. The Morgan fingerprint density at radius 2 is 1.36 bits per heavy atom. The van der Waals surface area contributed by atoms with Crippen molar-refractivity contribution < 1.29 is 41.4 Å². The van der Waals surface area contributed by atoms with Gasteiger partial charge in [-0.15, -0.1) is 0 Å². The smallest absolute Gasteiger partial charge is 0.430 e. The van der Waals surface area contributed by atoms with Crippen molar-refractivity contribution in [3.05, 3.63) is 29.8 Å². The van der Waals surface area contributed by atoms with Gasteiger partial charge in [0.15, 0.2) is 0 Å². The van der Waals surface area contributed by atoms with Crippen LogP contribution in [-0.4, -0.2) is 54.6 Å². The fourth-order valence-electron chi connectivity index (χ4n) is 2.55. The first-order valence-electron chi connectivity index (χ1n) is 7.05. The zero-order valence-electron chi connectivity index (χ0n) is 12.6. The maximum absolute atomic E-state index is 12.8. The quantitative estimate of drug-likeness (QED) is 0.800. The van der Waals surface area contributed by atoms with E-state index in [0.717, 1.165) is 17.0 Å². The largest absolute Gasteiger partial charge is 0.530 e. The number of nitrogens with zero attached hydrogens (tertiary/aromatic N) is 2. The third-order valence-corrected chi connectivity index (χ3v) is 4.01. The Hall–Kier alpha value is -2.17. The highest BCUT2D eigenvalue weighted by molar-refractivity contribution is 5.63. The van der Waals surface area contributed by atoms with Crippen LogP contribution in [-0.2, 0) is 5.60 Å². The Kier molecular flexibility index (Phi) is 4.81. The zero-order chi connectivity index (χ0) is 19.0. The summed E-state index contributed by atoms with van der Waals surface area (Å²) in [6.07, 6.45) is -13.2. The molecule has 1 amide bonds. The number of carbonyl (C=O) groups is 1. The first-order valence-corrected chi connectivity index (χ1v) is 7.05. The van der Waals surface area contributed by atoms with Gasteiger partial charge in [0.25, 0.3) is 5.60 Å². The van der Waals surface area contributed by atoms with E-state index in [1.165, 1.54) is 0 Å². The normalized spacial score (nSPS) is 16.9. The van der Waals surface area contributed by atoms with Crippen LogP contribution in [0.4, 0.5) is 36.8 Å². The van der Waals surface area contributed by atoms with E-state index in [9.17, 15) is 41.4 Å². The molecule has 1 N–H and O–H groups in total. The van der Waals surface area contributed by atoms with Gasteiger partial charge < -0.3 is 24.8 Å². The number of anilines is 1. The van der Waals surface area contributed by atoms with E-state index in [-0.39, 0.29) is 26.2 Å². The molecule has 1 aliphatic rings. The molecule has 140 valence electrons. The molecule has 11 heteroatoms. The molecular formula is C14H13F6N2O3-. The molecule has 1 heterocycles. The minimum atomic E-state index is -5.94. The Morgan fingerprint density at radius 3 is 1.72 bits per heavy atom. The van der Waals surface area contributed by atoms with E-state index >= 15 is 0 Å². The summed E-state index contributed by atoms with van der Waals surface area (Å²) in [5.74, 6) is 0. The highest BCUT2D eigenvalue weighted by Gasteiger charge is 2.71. The van der Waals surface area contributed by atoms with Crippen LogP contribution in [0, 0.1) is 0 Å². The summed E-state index contributed by atoms with van der Waals surface area (Å²) in [5.41, 5.74) is -6.00. The lowest BCUT2D eigenvalue weighted by molar-refractivity contribution is -0.376. The van der Waals surface area contributed by atoms with Crippen molar-refractivity contribution in [3.8, 4) is 0 Å². The number of halogens is 6. The number of benzene rings is 1. The summed E-state index contributed by atoms with van der Waals surface area (Å²) in [6.45, 7) is 0.602. The predicted molar refractivity (Wildman–Crippen MR) is 71.6 cm³/mol. The predicted octanol–water partition coefficient (Wildman–Crippen LogP) is 1.46. The molecule has 0 unspecified atom stereocenters. The van der Waals surface area contributed by atoms with E-state index in [2.05, 4.69) is 0 Å². The second-order valence-electron chi connectivity index (χ2n) is 5.49. The van der Waals surface area contributed by atoms with Crippen LogP contribution < -0.4 is 10.0 Å². The third-order valence-electron chi connectivity index (χ3n) is 4.01. The first kappa shape index (κ1) is 19.2. The fourth-order valence-corrected chi connectivity index (χ4v) is 2.55. The van der Waals surface area contributed by atoms with Crippen LogP contribution in [0.15, 0.2) is 24.3 Å². The highest BCUT2D eigenvalue weighted by atomic mass is 19.4. The lowest BCUT2D eigenvalue weighted by Gasteiger charge is -2.37. The second-order valence-corrected chi connectivity index (χ2v) is 5.49. The number of carboxylic acid groups (broad SMARTS) is 1. The van der Waals surface area contributed by atoms with Crippen LogP contribution in [0.1, 0.15) is 5.56 Å².